The molecule has 0 bridgehead atoms. The second-order valence-corrected chi connectivity index (χ2v) is 9.12. The summed E-state index contributed by atoms with van der Waals surface area (Å²) >= 11 is 1.06. The van der Waals surface area contributed by atoms with Crippen LogP contribution in [0.5, 0.6) is 0 Å². The molecule has 7 nitrogen and oxygen atoms in total. The number of benzene rings is 2. The lowest BCUT2D eigenvalue weighted by Crippen LogP contribution is -2.22. The summed E-state index contributed by atoms with van der Waals surface area (Å²) in [5.74, 6) is -2.38. The molecule has 0 saturated heterocycles. The number of aromatic nitrogens is 2. The first-order valence-electron chi connectivity index (χ1n) is 8.57. The van der Waals surface area contributed by atoms with Crippen molar-refractivity contribution in [3.63, 3.8) is 0 Å². The Hall–Kier alpha value is -3.05. The van der Waals surface area contributed by atoms with Crippen LogP contribution < -0.4 is 10.0 Å². The summed E-state index contributed by atoms with van der Waals surface area (Å²) in [5, 5.41) is 2.05. The van der Waals surface area contributed by atoms with Crippen LogP contribution in [0.3, 0.4) is 0 Å². The zero-order valence-corrected chi connectivity index (χ0v) is 17.2. The molecule has 2 N–H and O–H groups in total. The molecular weight excluding hydrogens is 434 g/mol. The van der Waals surface area contributed by atoms with Crippen molar-refractivity contribution in [2.45, 2.75) is 22.0 Å². The molecule has 1 atom stereocenters. The Labute approximate surface area is 176 Å². The van der Waals surface area contributed by atoms with E-state index in [1.807, 2.05) is 0 Å². The van der Waals surface area contributed by atoms with Gasteiger partial charge in [0.1, 0.15) is 0 Å². The number of amides is 1. The molecule has 0 aliphatic heterocycles. The fraction of sp³-hybridized carbons (Fsp3) is 0.105. The Kier molecular flexibility index (Phi) is 6.63. The van der Waals surface area contributed by atoms with Crippen molar-refractivity contribution in [2.75, 3.05) is 10.0 Å². The highest BCUT2D eigenvalue weighted by atomic mass is 32.2. The molecule has 2 aromatic carbocycles. The van der Waals surface area contributed by atoms with Crippen LogP contribution in [0, 0.1) is 11.6 Å². The highest BCUT2D eigenvalue weighted by Gasteiger charge is 2.18. The quantitative estimate of drug-likeness (QED) is 0.533. The third-order valence-corrected chi connectivity index (χ3v) is 6.23. The first-order chi connectivity index (χ1) is 14.2. The van der Waals surface area contributed by atoms with Crippen molar-refractivity contribution in [3.8, 4) is 0 Å². The zero-order valence-electron chi connectivity index (χ0n) is 15.5. The van der Waals surface area contributed by atoms with E-state index in [-0.39, 0.29) is 16.8 Å². The van der Waals surface area contributed by atoms with E-state index in [9.17, 15) is 22.0 Å². The summed E-state index contributed by atoms with van der Waals surface area (Å²) in [7, 11) is -3.88. The van der Waals surface area contributed by atoms with Gasteiger partial charge in [0, 0.05) is 23.0 Å². The fourth-order valence-corrected chi connectivity index (χ4v) is 4.15. The van der Waals surface area contributed by atoms with Crippen molar-refractivity contribution in [1.29, 1.82) is 0 Å². The predicted octanol–water partition coefficient (Wildman–Crippen LogP) is 3.67. The van der Waals surface area contributed by atoms with Crippen molar-refractivity contribution in [1.82, 2.24) is 9.97 Å². The highest BCUT2D eigenvalue weighted by Crippen LogP contribution is 2.26. The van der Waals surface area contributed by atoms with Crippen LogP contribution in [0.15, 0.2) is 70.7 Å². The van der Waals surface area contributed by atoms with E-state index in [1.54, 1.807) is 13.0 Å². The number of hydrogen-bond donors (Lipinski definition) is 2. The van der Waals surface area contributed by atoms with Gasteiger partial charge in [-0.25, -0.2) is 31.9 Å². The maximum Gasteiger partial charge on any atom is 0.264 e. The summed E-state index contributed by atoms with van der Waals surface area (Å²) in [6.45, 7) is 1.61. The van der Waals surface area contributed by atoms with Gasteiger partial charge in [0.15, 0.2) is 11.6 Å². The number of carbonyl (C=O) groups excluding carboxylic acids is 1. The number of anilines is 2. The van der Waals surface area contributed by atoms with E-state index in [2.05, 4.69) is 20.0 Å². The van der Waals surface area contributed by atoms with Crippen LogP contribution in [0.4, 0.5) is 20.4 Å². The number of nitrogens with zero attached hydrogens (tertiary/aromatic N) is 2. The zero-order chi connectivity index (χ0) is 21.7. The largest absolute Gasteiger partial charge is 0.325 e. The van der Waals surface area contributed by atoms with Gasteiger partial charge in [-0.1, -0.05) is 0 Å². The Morgan fingerprint density at radius 2 is 1.70 bits per heavy atom. The van der Waals surface area contributed by atoms with Crippen molar-refractivity contribution < 1.29 is 22.0 Å². The highest BCUT2D eigenvalue weighted by molar-refractivity contribution is 8.00. The van der Waals surface area contributed by atoms with E-state index in [4.69, 9.17) is 0 Å². The number of rotatable bonds is 7. The third-order valence-electron chi connectivity index (χ3n) is 3.80. The van der Waals surface area contributed by atoms with Gasteiger partial charge < -0.3 is 5.32 Å². The molecule has 30 heavy (non-hydrogen) atoms. The van der Waals surface area contributed by atoms with Gasteiger partial charge in [-0.05, 0) is 55.5 Å². The molecule has 3 aromatic rings. The molecule has 1 unspecified atom stereocenters. The average Bonchev–Trinajstić information content (AvgIpc) is 2.71. The van der Waals surface area contributed by atoms with Crippen LogP contribution >= 0.6 is 11.8 Å². The van der Waals surface area contributed by atoms with E-state index < -0.39 is 26.9 Å². The molecule has 0 aliphatic carbocycles. The average molecular weight is 450 g/mol. The minimum atomic E-state index is -3.88. The first-order valence-corrected chi connectivity index (χ1v) is 10.9. The van der Waals surface area contributed by atoms with Crippen molar-refractivity contribution in [3.05, 3.63) is 72.6 Å². The molecule has 0 aliphatic rings. The number of thioether (sulfide) groups is 1. The molecule has 0 spiro atoms. The van der Waals surface area contributed by atoms with Gasteiger partial charge in [0.05, 0.1) is 10.1 Å². The van der Waals surface area contributed by atoms with E-state index in [0.717, 1.165) is 23.9 Å². The third kappa shape index (κ3) is 5.51. The van der Waals surface area contributed by atoms with E-state index in [1.165, 1.54) is 42.7 Å². The van der Waals surface area contributed by atoms with Gasteiger partial charge in [0.2, 0.25) is 11.9 Å². The molecule has 156 valence electrons. The number of hydrogen-bond acceptors (Lipinski definition) is 6. The molecule has 1 aromatic heterocycles. The summed E-state index contributed by atoms with van der Waals surface area (Å²) in [4.78, 5) is 20.3. The second kappa shape index (κ2) is 9.18. The Morgan fingerprint density at radius 3 is 2.33 bits per heavy atom. The maximum absolute atomic E-state index is 13.3. The molecule has 0 fully saturated rings. The predicted molar refractivity (Wildman–Crippen MR) is 110 cm³/mol. The molecule has 1 heterocycles. The molecule has 11 heteroatoms. The Bertz CT molecular complexity index is 1140. The Balaban J connectivity index is 1.63. The molecule has 3 rings (SSSR count). The SMILES string of the molecule is CC(Sc1ccc(F)c(F)c1)C(=O)Nc1ccc(S(=O)(=O)Nc2ncccn2)cc1. The summed E-state index contributed by atoms with van der Waals surface area (Å²) in [6.07, 6.45) is 2.81. The van der Waals surface area contributed by atoms with E-state index in [0.29, 0.717) is 10.6 Å². The smallest absolute Gasteiger partial charge is 0.264 e. The molecule has 0 saturated carbocycles. The summed E-state index contributed by atoms with van der Waals surface area (Å²) in [5.41, 5.74) is 0.382. The summed E-state index contributed by atoms with van der Waals surface area (Å²) < 4.78 is 53.3. The van der Waals surface area contributed by atoms with Crippen molar-refractivity contribution >= 4 is 39.3 Å². The maximum atomic E-state index is 13.3. The second-order valence-electron chi connectivity index (χ2n) is 6.03. The van der Waals surface area contributed by atoms with Gasteiger partial charge >= 0.3 is 0 Å². The van der Waals surface area contributed by atoms with Crippen LogP contribution in [-0.2, 0) is 14.8 Å². The van der Waals surface area contributed by atoms with Gasteiger partial charge in [-0.15, -0.1) is 11.8 Å². The number of carbonyl (C=O) groups is 1. The number of sulfonamides is 1. The molecule has 0 radical (unpaired) electrons. The minimum Gasteiger partial charge on any atom is -0.325 e. The lowest BCUT2D eigenvalue weighted by atomic mass is 10.3. The minimum absolute atomic E-state index is 0.0304. The van der Waals surface area contributed by atoms with Crippen LogP contribution in [-0.4, -0.2) is 29.5 Å². The number of halogens is 2. The lowest BCUT2D eigenvalue weighted by Gasteiger charge is -2.13. The molecular formula is C19H16F2N4O3S2. The fourth-order valence-electron chi connectivity index (χ4n) is 2.30. The first kappa shape index (κ1) is 21.7. The lowest BCUT2D eigenvalue weighted by molar-refractivity contribution is -0.115. The monoisotopic (exact) mass is 450 g/mol. The number of nitrogens with one attached hydrogen (secondary N) is 2. The topological polar surface area (TPSA) is 101 Å². The van der Waals surface area contributed by atoms with Gasteiger partial charge in [0.25, 0.3) is 10.0 Å². The van der Waals surface area contributed by atoms with Crippen LogP contribution in [0.25, 0.3) is 0 Å². The standard InChI is InChI=1S/C19H16F2N4O3S2/c1-12(29-14-5-8-16(20)17(21)11-14)18(26)24-13-3-6-15(7-4-13)30(27,28)25-19-22-9-2-10-23-19/h2-12H,1H3,(H,24,26)(H,22,23,25). The molecule has 1 amide bonds. The van der Waals surface area contributed by atoms with E-state index >= 15 is 0 Å². The Morgan fingerprint density at radius 1 is 1.03 bits per heavy atom. The van der Waals surface area contributed by atoms with Crippen molar-refractivity contribution in [2.24, 2.45) is 0 Å². The van der Waals surface area contributed by atoms with Crippen LogP contribution in [0.2, 0.25) is 0 Å². The summed E-state index contributed by atoms with van der Waals surface area (Å²) in [6, 6.07) is 10.5. The van der Waals surface area contributed by atoms with Gasteiger partial charge in [-0.2, -0.15) is 0 Å². The normalized spacial score (nSPS) is 12.2. The van der Waals surface area contributed by atoms with Crippen LogP contribution in [0.1, 0.15) is 6.92 Å². The van der Waals surface area contributed by atoms with Gasteiger partial charge in [-0.3, -0.25) is 4.79 Å².